The third-order valence-electron chi connectivity index (χ3n) is 3.80. The van der Waals surface area contributed by atoms with Crippen molar-refractivity contribution in [3.05, 3.63) is 15.6 Å². The Bertz CT molecular complexity index is 555. The molecule has 1 aromatic heterocycles. The van der Waals surface area contributed by atoms with Crippen LogP contribution in [0.1, 0.15) is 43.3 Å². The molecule has 0 aromatic carbocycles. The molecule has 1 aliphatic heterocycles. The lowest BCUT2D eigenvalue weighted by Gasteiger charge is -2.47. The number of hydrogen-bond acceptors (Lipinski definition) is 4. The van der Waals surface area contributed by atoms with Gasteiger partial charge in [0, 0.05) is 4.88 Å². The van der Waals surface area contributed by atoms with Crippen LogP contribution in [0.5, 0.6) is 0 Å². The molecule has 0 unspecified atom stereocenters. The van der Waals surface area contributed by atoms with Crippen molar-refractivity contribution in [3.63, 3.8) is 0 Å². The molecular weight excluding hydrogens is 274 g/mol. The van der Waals surface area contributed by atoms with Gasteiger partial charge in [-0.05, 0) is 41.5 Å². The molecule has 1 fully saturated rings. The predicted molar refractivity (Wildman–Crippen MR) is 78.4 cm³/mol. The maximum absolute atomic E-state index is 12.6. The summed E-state index contributed by atoms with van der Waals surface area (Å²) < 4.78 is 0. The van der Waals surface area contributed by atoms with E-state index in [4.69, 9.17) is 0 Å². The van der Waals surface area contributed by atoms with Crippen LogP contribution in [0.2, 0.25) is 0 Å². The maximum Gasteiger partial charge on any atom is 0.249 e. The lowest BCUT2D eigenvalue weighted by atomic mass is 9.90. The smallest absolute Gasteiger partial charge is 0.249 e. The zero-order chi connectivity index (χ0) is 15.3. The van der Waals surface area contributed by atoms with Gasteiger partial charge in [0.15, 0.2) is 0 Å². The number of hydrogen-bond donors (Lipinski definition) is 1. The van der Waals surface area contributed by atoms with E-state index in [1.807, 2.05) is 13.8 Å². The standard InChI is InChI=1S/C14H21N3O2S/c1-8-9(2)20-10(15-8)7-17-12(19)13(3,4)16-11(18)14(17,5)6/h7H2,1-6H3,(H,16,18). The normalized spacial score (nSPS) is 21.0. The second-order valence-electron chi connectivity index (χ2n) is 6.28. The minimum absolute atomic E-state index is 0.0763. The topological polar surface area (TPSA) is 62.3 Å². The highest BCUT2D eigenvalue weighted by molar-refractivity contribution is 7.11. The summed E-state index contributed by atoms with van der Waals surface area (Å²) in [6, 6.07) is 0. The van der Waals surface area contributed by atoms with E-state index in [2.05, 4.69) is 10.3 Å². The summed E-state index contributed by atoms with van der Waals surface area (Å²) in [5, 5.41) is 3.65. The lowest BCUT2D eigenvalue weighted by Crippen LogP contribution is -2.71. The van der Waals surface area contributed by atoms with E-state index < -0.39 is 11.1 Å². The number of aryl methyl sites for hydroxylation is 2. The van der Waals surface area contributed by atoms with Gasteiger partial charge in [0.05, 0.1) is 12.2 Å². The van der Waals surface area contributed by atoms with Gasteiger partial charge in [-0.3, -0.25) is 9.59 Å². The third-order valence-corrected chi connectivity index (χ3v) is 4.86. The van der Waals surface area contributed by atoms with Crippen LogP contribution in [-0.4, -0.2) is 32.8 Å². The molecule has 1 aliphatic rings. The van der Waals surface area contributed by atoms with E-state index in [-0.39, 0.29) is 11.8 Å². The van der Waals surface area contributed by atoms with E-state index in [0.717, 1.165) is 15.6 Å². The minimum atomic E-state index is -0.867. The highest BCUT2D eigenvalue weighted by atomic mass is 32.1. The van der Waals surface area contributed by atoms with Gasteiger partial charge in [-0.25, -0.2) is 4.98 Å². The number of carbonyl (C=O) groups excluding carboxylic acids is 2. The number of aromatic nitrogens is 1. The molecule has 0 spiro atoms. The number of thiazole rings is 1. The average Bonchev–Trinajstić information content (AvgIpc) is 2.62. The zero-order valence-corrected chi connectivity index (χ0v) is 13.6. The van der Waals surface area contributed by atoms with Gasteiger partial charge in [0.1, 0.15) is 16.1 Å². The summed E-state index contributed by atoms with van der Waals surface area (Å²) in [7, 11) is 0. The molecule has 2 heterocycles. The van der Waals surface area contributed by atoms with Crippen molar-refractivity contribution in [3.8, 4) is 0 Å². The van der Waals surface area contributed by atoms with Gasteiger partial charge >= 0.3 is 0 Å². The maximum atomic E-state index is 12.6. The summed E-state index contributed by atoms with van der Waals surface area (Å²) in [6.07, 6.45) is 0. The number of nitrogens with zero attached hydrogens (tertiary/aromatic N) is 2. The molecule has 0 aliphatic carbocycles. The van der Waals surface area contributed by atoms with Crippen molar-refractivity contribution in [2.45, 2.75) is 59.2 Å². The molecular formula is C14H21N3O2S. The van der Waals surface area contributed by atoms with E-state index >= 15 is 0 Å². The highest BCUT2D eigenvalue weighted by Crippen LogP contribution is 2.29. The summed E-state index contributed by atoms with van der Waals surface area (Å²) in [4.78, 5) is 32.1. The van der Waals surface area contributed by atoms with E-state index in [1.165, 1.54) is 0 Å². The quantitative estimate of drug-likeness (QED) is 0.904. The molecule has 6 heteroatoms. The molecule has 110 valence electrons. The van der Waals surface area contributed by atoms with Crippen LogP contribution in [0, 0.1) is 13.8 Å². The third kappa shape index (κ3) is 2.32. The number of carbonyl (C=O) groups is 2. The Morgan fingerprint density at radius 1 is 1.20 bits per heavy atom. The Morgan fingerprint density at radius 3 is 2.30 bits per heavy atom. The van der Waals surface area contributed by atoms with E-state index in [0.29, 0.717) is 6.54 Å². The highest BCUT2D eigenvalue weighted by Gasteiger charge is 2.50. The average molecular weight is 295 g/mol. The Balaban J connectivity index is 2.35. The fraction of sp³-hybridized carbons (Fsp3) is 0.643. The number of piperazine rings is 1. The predicted octanol–water partition coefficient (Wildman–Crippen LogP) is 1.78. The lowest BCUT2D eigenvalue weighted by molar-refractivity contribution is -0.160. The Kier molecular flexibility index (Phi) is 3.40. The van der Waals surface area contributed by atoms with Crippen LogP contribution < -0.4 is 5.32 Å². The molecule has 1 saturated heterocycles. The van der Waals surface area contributed by atoms with Gasteiger partial charge < -0.3 is 10.2 Å². The molecule has 0 atom stereocenters. The van der Waals surface area contributed by atoms with Gasteiger partial charge in [-0.1, -0.05) is 0 Å². The van der Waals surface area contributed by atoms with Crippen molar-refractivity contribution < 1.29 is 9.59 Å². The Hall–Kier alpha value is -1.43. The first-order valence-electron chi connectivity index (χ1n) is 6.63. The molecule has 2 amide bonds. The van der Waals surface area contributed by atoms with E-state index in [9.17, 15) is 9.59 Å². The zero-order valence-electron chi connectivity index (χ0n) is 12.8. The number of amides is 2. The minimum Gasteiger partial charge on any atom is -0.340 e. The summed E-state index contributed by atoms with van der Waals surface area (Å²) in [5.74, 6) is -0.209. The van der Waals surface area contributed by atoms with Gasteiger partial charge in [0.25, 0.3) is 0 Å². The van der Waals surface area contributed by atoms with Crippen LogP contribution in [0.3, 0.4) is 0 Å². The van der Waals surface area contributed by atoms with Crippen molar-refractivity contribution in [1.82, 2.24) is 15.2 Å². The fourth-order valence-electron chi connectivity index (χ4n) is 2.22. The molecule has 1 N–H and O–H groups in total. The van der Waals surface area contributed by atoms with Crippen molar-refractivity contribution in [1.29, 1.82) is 0 Å². The SMILES string of the molecule is Cc1nc(CN2C(=O)C(C)(C)NC(=O)C2(C)C)sc1C. The molecule has 2 rings (SSSR count). The van der Waals surface area contributed by atoms with Crippen LogP contribution in [0.4, 0.5) is 0 Å². The van der Waals surface area contributed by atoms with Crippen molar-refractivity contribution in [2.75, 3.05) is 0 Å². The summed E-state index contributed by atoms with van der Waals surface area (Å²) in [5.41, 5.74) is -0.746. The van der Waals surface area contributed by atoms with Crippen molar-refractivity contribution in [2.24, 2.45) is 0 Å². The van der Waals surface area contributed by atoms with Gasteiger partial charge in [-0.2, -0.15) is 0 Å². The summed E-state index contributed by atoms with van der Waals surface area (Å²) in [6.45, 7) is 11.3. The first-order valence-corrected chi connectivity index (χ1v) is 7.45. The van der Waals surface area contributed by atoms with Crippen molar-refractivity contribution >= 4 is 23.2 Å². The second-order valence-corrected chi connectivity index (χ2v) is 7.57. The molecule has 0 saturated carbocycles. The summed E-state index contributed by atoms with van der Waals surface area (Å²) >= 11 is 1.58. The van der Waals surface area contributed by atoms with Crippen LogP contribution in [0.25, 0.3) is 0 Å². The largest absolute Gasteiger partial charge is 0.340 e. The van der Waals surface area contributed by atoms with Crippen LogP contribution >= 0.6 is 11.3 Å². The van der Waals surface area contributed by atoms with E-state index in [1.54, 1.807) is 43.9 Å². The fourth-order valence-corrected chi connectivity index (χ4v) is 3.14. The number of nitrogens with one attached hydrogen (secondary N) is 1. The molecule has 5 nitrogen and oxygen atoms in total. The molecule has 1 aromatic rings. The molecule has 0 radical (unpaired) electrons. The van der Waals surface area contributed by atoms with Crippen LogP contribution in [0.15, 0.2) is 0 Å². The molecule has 0 bridgehead atoms. The Labute approximate surface area is 123 Å². The van der Waals surface area contributed by atoms with Crippen LogP contribution in [-0.2, 0) is 16.1 Å². The number of rotatable bonds is 2. The molecule has 20 heavy (non-hydrogen) atoms. The second kappa shape index (κ2) is 4.55. The van der Waals surface area contributed by atoms with Gasteiger partial charge in [-0.15, -0.1) is 11.3 Å². The monoisotopic (exact) mass is 295 g/mol. The Morgan fingerprint density at radius 2 is 1.80 bits per heavy atom. The van der Waals surface area contributed by atoms with Gasteiger partial charge in [0.2, 0.25) is 11.8 Å². The first-order chi connectivity index (χ1) is 9.05. The first kappa shape index (κ1) is 15.0.